The number of para-hydroxylation sites is 1. The van der Waals surface area contributed by atoms with Crippen LogP contribution in [0.2, 0.25) is 0 Å². The number of hydrogen-bond acceptors (Lipinski definition) is 5. The van der Waals surface area contributed by atoms with Crippen LogP contribution in [0.1, 0.15) is 18.5 Å². The average molecular weight is 316 g/mol. The van der Waals surface area contributed by atoms with Crippen LogP contribution in [0.25, 0.3) is 11.0 Å². The number of nitrogens with zero attached hydrogens (tertiary/aromatic N) is 2. The molecule has 1 aliphatic heterocycles. The molecule has 23 heavy (non-hydrogen) atoms. The van der Waals surface area contributed by atoms with Crippen LogP contribution in [-0.2, 0) is 20.7 Å². The summed E-state index contributed by atoms with van der Waals surface area (Å²) in [5, 5.41) is 4.98. The maximum absolute atomic E-state index is 12.8. The van der Waals surface area contributed by atoms with Crippen molar-refractivity contribution >= 4 is 16.9 Å². The lowest BCUT2D eigenvalue weighted by molar-refractivity contribution is -0.149. The van der Waals surface area contributed by atoms with Gasteiger partial charge in [-0.1, -0.05) is 17.3 Å². The Hall–Kier alpha value is -1.92. The number of hydrogen-bond donors (Lipinski definition) is 0. The molecule has 3 atom stereocenters. The van der Waals surface area contributed by atoms with Gasteiger partial charge >= 0.3 is 0 Å². The van der Waals surface area contributed by atoms with E-state index in [9.17, 15) is 4.79 Å². The van der Waals surface area contributed by atoms with E-state index in [1.165, 1.54) is 0 Å². The zero-order chi connectivity index (χ0) is 15.8. The third kappa shape index (κ3) is 2.52. The molecule has 0 spiro atoms. The number of rotatable bonds is 3. The normalized spacial score (nSPS) is 27.3. The van der Waals surface area contributed by atoms with Crippen LogP contribution < -0.4 is 0 Å². The molecule has 1 aromatic heterocycles. The number of methoxy groups -OCH3 is 1. The summed E-state index contributed by atoms with van der Waals surface area (Å²) in [6.45, 7) is 1.19. The fourth-order valence-corrected chi connectivity index (χ4v) is 3.79. The molecule has 6 heteroatoms. The number of benzene rings is 1. The number of ether oxygens (including phenoxy) is 2. The number of morpholine rings is 1. The minimum absolute atomic E-state index is 0.00764. The van der Waals surface area contributed by atoms with Gasteiger partial charge in [-0.2, -0.15) is 0 Å². The fourth-order valence-electron chi connectivity index (χ4n) is 3.79. The molecule has 1 aliphatic carbocycles. The van der Waals surface area contributed by atoms with Crippen molar-refractivity contribution in [1.82, 2.24) is 10.1 Å². The molecule has 0 bridgehead atoms. The lowest BCUT2D eigenvalue weighted by Gasteiger charge is -2.38. The summed E-state index contributed by atoms with van der Waals surface area (Å²) >= 11 is 0. The second kappa shape index (κ2) is 5.94. The zero-order valence-electron chi connectivity index (χ0n) is 13.1. The van der Waals surface area contributed by atoms with E-state index in [4.69, 9.17) is 14.0 Å². The van der Waals surface area contributed by atoms with E-state index < -0.39 is 0 Å². The molecule has 2 aliphatic rings. The van der Waals surface area contributed by atoms with E-state index in [0.717, 1.165) is 23.8 Å². The molecule has 1 saturated heterocycles. The standard InChI is InChI=1S/C17H20N2O4/c1-21-15-7-6-13-17(15)22-9-8-19(13)16(20)10-12-11-4-2-3-5-14(11)23-18-12/h2-5,13,15,17H,6-10H2,1H3/t13-,15+,17+/m0/s1. The third-order valence-corrected chi connectivity index (χ3v) is 4.93. The fraction of sp³-hybridized carbons (Fsp3) is 0.529. The van der Waals surface area contributed by atoms with E-state index in [1.54, 1.807) is 7.11 Å². The highest BCUT2D eigenvalue weighted by molar-refractivity contribution is 5.86. The van der Waals surface area contributed by atoms with Crippen molar-refractivity contribution in [3.63, 3.8) is 0 Å². The highest BCUT2D eigenvalue weighted by Crippen LogP contribution is 2.32. The Bertz CT molecular complexity index is 713. The van der Waals surface area contributed by atoms with Crippen LogP contribution in [-0.4, -0.2) is 54.5 Å². The molecule has 1 saturated carbocycles. The largest absolute Gasteiger partial charge is 0.379 e. The van der Waals surface area contributed by atoms with Crippen molar-refractivity contribution in [1.29, 1.82) is 0 Å². The number of carbonyl (C=O) groups excluding carboxylic acids is 1. The number of carbonyl (C=O) groups is 1. The first-order valence-corrected chi connectivity index (χ1v) is 8.05. The Kier molecular flexibility index (Phi) is 3.79. The maximum atomic E-state index is 12.8. The van der Waals surface area contributed by atoms with Gasteiger partial charge in [-0.3, -0.25) is 4.79 Å². The minimum Gasteiger partial charge on any atom is -0.379 e. The first kappa shape index (κ1) is 14.7. The molecule has 122 valence electrons. The Labute approximate surface area is 134 Å². The van der Waals surface area contributed by atoms with Gasteiger partial charge in [0.25, 0.3) is 0 Å². The van der Waals surface area contributed by atoms with Crippen LogP contribution in [0, 0.1) is 0 Å². The Morgan fingerprint density at radius 1 is 1.39 bits per heavy atom. The van der Waals surface area contributed by atoms with Crippen molar-refractivity contribution < 1.29 is 18.8 Å². The summed E-state index contributed by atoms with van der Waals surface area (Å²) in [5.74, 6) is 0.0825. The summed E-state index contributed by atoms with van der Waals surface area (Å²) in [4.78, 5) is 14.7. The Morgan fingerprint density at radius 3 is 3.13 bits per heavy atom. The highest BCUT2D eigenvalue weighted by atomic mass is 16.5. The van der Waals surface area contributed by atoms with Gasteiger partial charge in [0.1, 0.15) is 11.8 Å². The topological polar surface area (TPSA) is 64.8 Å². The average Bonchev–Trinajstić information content (AvgIpc) is 3.18. The van der Waals surface area contributed by atoms with Gasteiger partial charge < -0.3 is 18.9 Å². The molecular weight excluding hydrogens is 296 g/mol. The smallest absolute Gasteiger partial charge is 0.229 e. The summed E-state index contributed by atoms with van der Waals surface area (Å²) < 4.78 is 16.6. The van der Waals surface area contributed by atoms with Gasteiger partial charge in [0.05, 0.1) is 25.2 Å². The summed E-state index contributed by atoms with van der Waals surface area (Å²) in [5.41, 5.74) is 1.42. The molecule has 2 fully saturated rings. The first-order chi connectivity index (χ1) is 11.3. The van der Waals surface area contributed by atoms with Gasteiger partial charge in [-0.15, -0.1) is 0 Å². The number of fused-ring (bicyclic) bond motifs is 2. The monoisotopic (exact) mass is 316 g/mol. The summed E-state index contributed by atoms with van der Waals surface area (Å²) in [7, 11) is 1.71. The molecule has 6 nitrogen and oxygen atoms in total. The van der Waals surface area contributed by atoms with Crippen LogP contribution in [0.15, 0.2) is 28.8 Å². The maximum Gasteiger partial charge on any atom is 0.229 e. The van der Waals surface area contributed by atoms with Gasteiger partial charge in [0.2, 0.25) is 5.91 Å². The molecule has 1 amide bonds. The van der Waals surface area contributed by atoms with Gasteiger partial charge in [-0.25, -0.2) is 0 Å². The van der Waals surface area contributed by atoms with Crippen molar-refractivity contribution in [2.24, 2.45) is 0 Å². The highest BCUT2D eigenvalue weighted by Gasteiger charge is 2.44. The molecule has 1 aromatic carbocycles. The minimum atomic E-state index is -0.00764. The predicted octanol–water partition coefficient (Wildman–Crippen LogP) is 1.78. The van der Waals surface area contributed by atoms with Crippen molar-refractivity contribution in [2.45, 2.75) is 37.5 Å². The summed E-state index contributed by atoms with van der Waals surface area (Å²) in [6.07, 6.45) is 2.20. The third-order valence-electron chi connectivity index (χ3n) is 4.93. The first-order valence-electron chi connectivity index (χ1n) is 8.05. The molecule has 0 radical (unpaired) electrons. The molecule has 2 aromatic rings. The lowest BCUT2D eigenvalue weighted by Crippen LogP contribution is -2.54. The molecule has 0 unspecified atom stereocenters. The Morgan fingerprint density at radius 2 is 2.26 bits per heavy atom. The van der Waals surface area contributed by atoms with E-state index in [-0.39, 0.29) is 30.6 Å². The van der Waals surface area contributed by atoms with Crippen LogP contribution >= 0.6 is 0 Å². The van der Waals surface area contributed by atoms with E-state index in [2.05, 4.69) is 5.16 Å². The zero-order valence-corrected chi connectivity index (χ0v) is 13.1. The predicted molar refractivity (Wildman–Crippen MR) is 83.0 cm³/mol. The van der Waals surface area contributed by atoms with Crippen LogP contribution in [0.3, 0.4) is 0 Å². The molecule has 0 N–H and O–H groups in total. The SMILES string of the molecule is CO[C@@H]1CC[C@H]2[C@H]1OCCN2C(=O)Cc1noc2ccccc12. The van der Waals surface area contributed by atoms with E-state index in [1.807, 2.05) is 29.2 Å². The lowest BCUT2D eigenvalue weighted by atomic mass is 10.1. The van der Waals surface area contributed by atoms with Crippen molar-refractivity contribution in [2.75, 3.05) is 20.3 Å². The number of aromatic nitrogens is 1. The van der Waals surface area contributed by atoms with E-state index >= 15 is 0 Å². The van der Waals surface area contributed by atoms with Gasteiger partial charge in [0.15, 0.2) is 5.58 Å². The molecular formula is C17H20N2O4. The van der Waals surface area contributed by atoms with Crippen molar-refractivity contribution in [3.05, 3.63) is 30.0 Å². The van der Waals surface area contributed by atoms with Gasteiger partial charge in [0, 0.05) is 19.0 Å². The quantitative estimate of drug-likeness (QED) is 0.863. The molecule has 4 rings (SSSR count). The van der Waals surface area contributed by atoms with Crippen LogP contribution in [0.4, 0.5) is 0 Å². The second-order valence-corrected chi connectivity index (χ2v) is 6.14. The second-order valence-electron chi connectivity index (χ2n) is 6.14. The Balaban J connectivity index is 1.52. The van der Waals surface area contributed by atoms with Crippen molar-refractivity contribution in [3.8, 4) is 0 Å². The van der Waals surface area contributed by atoms with E-state index in [0.29, 0.717) is 18.8 Å². The number of amides is 1. The van der Waals surface area contributed by atoms with Crippen LogP contribution in [0.5, 0.6) is 0 Å². The summed E-state index contributed by atoms with van der Waals surface area (Å²) in [6, 6.07) is 7.74. The van der Waals surface area contributed by atoms with Gasteiger partial charge in [-0.05, 0) is 25.0 Å². The molecule has 2 heterocycles.